The standard InChI is InChI=1S/C24H25NO4/c1-28-16-6-7-17-18-9-14(13-26)22(29-2)12-19(18)20-10-15-5-3-4-8-25(15)24(27)23(20)21(17)11-16/h6-7,9,11-12,15,26H,3-5,8,10,13H2,1-2H3. The summed E-state index contributed by atoms with van der Waals surface area (Å²) in [7, 11) is 3.26. The molecule has 1 amide bonds. The van der Waals surface area contributed by atoms with Gasteiger partial charge in [0.2, 0.25) is 0 Å². The van der Waals surface area contributed by atoms with Crippen molar-refractivity contribution in [1.29, 1.82) is 0 Å². The highest BCUT2D eigenvalue weighted by Gasteiger charge is 2.36. The number of methoxy groups -OCH3 is 2. The van der Waals surface area contributed by atoms with Crippen molar-refractivity contribution in [1.82, 2.24) is 4.90 Å². The maximum absolute atomic E-state index is 13.6. The van der Waals surface area contributed by atoms with Gasteiger partial charge in [-0.2, -0.15) is 0 Å². The zero-order chi connectivity index (χ0) is 20.1. The van der Waals surface area contributed by atoms with E-state index in [1.165, 1.54) is 6.42 Å². The first kappa shape index (κ1) is 18.3. The molecule has 150 valence electrons. The Labute approximate surface area is 169 Å². The monoisotopic (exact) mass is 391 g/mol. The number of hydrogen-bond acceptors (Lipinski definition) is 4. The van der Waals surface area contributed by atoms with Crippen molar-refractivity contribution in [3.8, 4) is 11.5 Å². The molecule has 3 aromatic carbocycles. The molecule has 3 aromatic rings. The van der Waals surface area contributed by atoms with Gasteiger partial charge in [-0.05, 0) is 77.1 Å². The van der Waals surface area contributed by atoms with Crippen molar-refractivity contribution in [3.05, 3.63) is 47.0 Å². The number of amides is 1. The summed E-state index contributed by atoms with van der Waals surface area (Å²) >= 11 is 0. The van der Waals surface area contributed by atoms with Crippen LogP contribution in [0.15, 0.2) is 30.3 Å². The van der Waals surface area contributed by atoms with Crippen LogP contribution in [-0.4, -0.2) is 42.7 Å². The lowest BCUT2D eigenvalue weighted by molar-refractivity contribution is 0.0586. The molecule has 2 aliphatic rings. The molecule has 0 spiro atoms. The highest BCUT2D eigenvalue weighted by molar-refractivity contribution is 6.20. The summed E-state index contributed by atoms with van der Waals surface area (Å²) in [5.41, 5.74) is 2.64. The molecule has 1 atom stereocenters. The van der Waals surface area contributed by atoms with Crippen LogP contribution in [0.3, 0.4) is 0 Å². The minimum Gasteiger partial charge on any atom is -0.497 e. The van der Waals surface area contributed by atoms with Crippen molar-refractivity contribution in [2.45, 2.75) is 38.3 Å². The summed E-state index contributed by atoms with van der Waals surface area (Å²) in [6.45, 7) is 0.738. The third kappa shape index (κ3) is 2.68. The number of nitrogens with zero attached hydrogens (tertiary/aromatic N) is 1. The maximum atomic E-state index is 13.6. The first-order valence-corrected chi connectivity index (χ1v) is 10.2. The molecule has 1 fully saturated rings. The summed E-state index contributed by atoms with van der Waals surface area (Å²) in [6, 6.07) is 10.2. The van der Waals surface area contributed by atoms with Crippen LogP contribution in [0.1, 0.15) is 40.7 Å². The van der Waals surface area contributed by atoms with E-state index in [-0.39, 0.29) is 18.6 Å². The van der Waals surface area contributed by atoms with Gasteiger partial charge in [0.1, 0.15) is 11.5 Å². The Balaban J connectivity index is 1.90. The van der Waals surface area contributed by atoms with E-state index in [9.17, 15) is 9.90 Å². The van der Waals surface area contributed by atoms with Gasteiger partial charge in [-0.3, -0.25) is 4.79 Å². The number of aliphatic hydroxyl groups excluding tert-OH is 1. The van der Waals surface area contributed by atoms with Crippen LogP contribution < -0.4 is 9.47 Å². The summed E-state index contributed by atoms with van der Waals surface area (Å²) in [5, 5.41) is 13.9. The summed E-state index contributed by atoms with van der Waals surface area (Å²) < 4.78 is 11.0. The number of carbonyl (C=O) groups is 1. The predicted octanol–water partition coefficient (Wildman–Crippen LogP) is 4.05. The van der Waals surface area contributed by atoms with Crippen LogP contribution in [0, 0.1) is 0 Å². The first-order valence-electron chi connectivity index (χ1n) is 10.2. The van der Waals surface area contributed by atoms with E-state index in [1.807, 2.05) is 30.3 Å². The van der Waals surface area contributed by atoms with Gasteiger partial charge >= 0.3 is 0 Å². The number of piperidine rings is 1. The van der Waals surface area contributed by atoms with E-state index in [0.29, 0.717) is 5.75 Å². The highest BCUT2D eigenvalue weighted by atomic mass is 16.5. The Morgan fingerprint density at radius 2 is 1.90 bits per heavy atom. The highest BCUT2D eigenvalue weighted by Crippen LogP contribution is 2.42. The molecular formula is C24H25NO4. The average Bonchev–Trinajstić information content (AvgIpc) is 2.77. The normalized spacial score (nSPS) is 18.7. The van der Waals surface area contributed by atoms with E-state index in [2.05, 4.69) is 4.90 Å². The Kier molecular flexibility index (Phi) is 4.36. The molecule has 5 heteroatoms. The molecule has 0 bridgehead atoms. The van der Waals surface area contributed by atoms with Crippen LogP contribution in [-0.2, 0) is 13.0 Å². The second-order valence-electron chi connectivity index (χ2n) is 7.99. The molecular weight excluding hydrogens is 366 g/mol. The number of carbonyl (C=O) groups excluding carboxylic acids is 1. The van der Waals surface area contributed by atoms with E-state index >= 15 is 0 Å². The van der Waals surface area contributed by atoms with Gasteiger partial charge in [-0.15, -0.1) is 0 Å². The fourth-order valence-electron chi connectivity index (χ4n) is 5.12. The number of benzene rings is 3. The lowest BCUT2D eigenvalue weighted by atomic mass is 9.81. The molecule has 1 N–H and O–H groups in total. The van der Waals surface area contributed by atoms with Gasteiger partial charge < -0.3 is 19.5 Å². The molecule has 5 rings (SSSR count). The SMILES string of the molecule is COc1ccc2c(c1)c1c(c3cc(OC)c(CO)cc32)CC2CCCCN2C1=O. The second-order valence-corrected chi connectivity index (χ2v) is 7.99. The quantitative estimate of drug-likeness (QED) is 0.684. The van der Waals surface area contributed by atoms with Gasteiger partial charge in [-0.1, -0.05) is 6.07 Å². The Hall–Kier alpha value is -2.79. The third-order valence-corrected chi connectivity index (χ3v) is 6.55. The molecule has 29 heavy (non-hydrogen) atoms. The van der Waals surface area contributed by atoms with Crippen molar-refractivity contribution >= 4 is 27.5 Å². The summed E-state index contributed by atoms with van der Waals surface area (Å²) in [5.74, 6) is 1.53. The number of ether oxygens (including phenoxy) is 2. The predicted molar refractivity (Wildman–Crippen MR) is 113 cm³/mol. The van der Waals surface area contributed by atoms with E-state index in [1.54, 1.807) is 14.2 Å². The van der Waals surface area contributed by atoms with Crippen molar-refractivity contribution in [2.24, 2.45) is 0 Å². The number of aliphatic hydroxyl groups is 1. The third-order valence-electron chi connectivity index (χ3n) is 6.55. The van der Waals surface area contributed by atoms with Crippen LogP contribution in [0.25, 0.3) is 21.5 Å². The molecule has 0 aromatic heterocycles. The lowest BCUT2D eigenvalue weighted by Crippen LogP contribution is -2.48. The zero-order valence-electron chi connectivity index (χ0n) is 16.8. The maximum Gasteiger partial charge on any atom is 0.255 e. The van der Waals surface area contributed by atoms with E-state index < -0.39 is 0 Å². The van der Waals surface area contributed by atoms with Gasteiger partial charge in [0.15, 0.2) is 0 Å². The van der Waals surface area contributed by atoms with Crippen LogP contribution in [0.2, 0.25) is 0 Å². The first-order chi connectivity index (χ1) is 14.2. The lowest BCUT2D eigenvalue weighted by Gasteiger charge is -2.41. The molecule has 0 aliphatic carbocycles. The van der Waals surface area contributed by atoms with Crippen molar-refractivity contribution in [3.63, 3.8) is 0 Å². The fourth-order valence-corrected chi connectivity index (χ4v) is 5.12. The number of rotatable bonds is 3. The Bertz CT molecular complexity index is 1140. The minimum absolute atomic E-state index is 0.0941. The van der Waals surface area contributed by atoms with Crippen molar-refractivity contribution in [2.75, 3.05) is 20.8 Å². The van der Waals surface area contributed by atoms with Gasteiger partial charge in [0, 0.05) is 18.2 Å². The van der Waals surface area contributed by atoms with E-state index in [4.69, 9.17) is 9.47 Å². The largest absolute Gasteiger partial charge is 0.497 e. The summed E-state index contributed by atoms with van der Waals surface area (Å²) in [6.07, 6.45) is 4.14. The molecule has 1 saturated heterocycles. The zero-order valence-corrected chi connectivity index (χ0v) is 16.8. The average molecular weight is 391 g/mol. The van der Waals surface area contributed by atoms with Crippen LogP contribution >= 0.6 is 0 Å². The minimum atomic E-state index is -0.0941. The summed E-state index contributed by atoms with van der Waals surface area (Å²) in [4.78, 5) is 15.7. The molecule has 2 heterocycles. The van der Waals surface area contributed by atoms with Gasteiger partial charge in [0.25, 0.3) is 5.91 Å². The van der Waals surface area contributed by atoms with E-state index in [0.717, 1.165) is 69.8 Å². The van der Waals surface area contributed by atoms with Gasteiger partial charge in [-0.25, -0.2) is 0 Å². The molecule has 0 radical (unpaired) electrons. The second kappa shape index (κ2) is 6.92. The van der Waals surface area contributed by atoms with Crippen molar-refractivity contribution < 1.29 is 19.4 Å². The van der Waals surface area contributed by atoms with Crippen LogP contribution in [0.5, 0.6) is 11.5 Å². The number of fused-ring (bicyclic) bond motifs is 7. The Morgan fingerprint density at radius 3 is 2.66 bits per heavy atom. The fraction of sp³-hybridized carbons (Fsp3) is 0.375. The molecule has 5 nitrogen and oxygen atoms in total. The van der Waals surface area contributed by atoms with Gasteiger partial charge in [0.05, 0.1) is 26.4 Å². The number of hydrogen-bond donors (Lipinski definition) is 1. The van der Waals surface area contributed by atoms with Crippen LogP contribution in [0.4, 0.5) is 0 Å². The smallest absolute Gasteiger partial charge is 0.255 e. The molecule has 2 aliphatic heterocycles. The molecule has 0 saturated carbocycles. The topological polar surface area (TPSA) is 59.0 Å². The Morgan fingerprint density at radius 1 is 1.03 bits per heavy atom. The molecule has 1 unspecified atom stereocenters.